The smallest absolute Gasteiger partial charge is 0.312 e. The maximum atomic E-state index is 13.2. The summed E-state index contributed by atoms with van der Waals surface area (Å²) >= 11 is 0. The highest BCUT2D eigenvalue weighted by Crippen LogP contribution is 2.41. The van der Waals surface area contributed by atoms with Crippen LogP contribution in [0.4, 0.5) is 32.0 Å². The van der Waals surface area contributed by atoms with E-state index in [0.717, 1.165) is 30.3 Å². The fourth-order valence-electron chi connectivity index (χ4n) is 3.91. The van der Waals surface area contributed by atoms with Gasteiger partial charge in [0.05, 0.1) is 20.8 Å². The van der Waals surface area contributed by atoms with Gasteiger partial charge in [0.25, 0.3) is 0 Å². The SMILES string of the molecule is CC(C)(C1CCN(c2cccc(C(F)(F)F)c2)C(=O)C1)S(=O)(=O)c1cccc(C(F)(F)F)c1. The van der Waals surface area contributed by atoms with Crippen LogP contribution in [0.15, 0.2) is 53.4 Å². The number of carbonyl (C=O) groups excluding carboxylic acids is 1. The third kappa shape index (κ3) is 4.87. The summed E-state index contributed by atoms with van der Waals surface area (Å²) in [5, 5.41) is 0. The summed E-state index contributed by atoms with van der Waals surface area (Å²) < 4.78 is 103. The molecule has 2 aromatic rings. The van der Waals surface area contributed by atoms with Crippen LogP contribution in [-0.4, -0.2) is 25.6 Å². The lowest BCUT2D eigenvalue weighted by Gasteiger charge is -2.39. The Labute approximate surface area is 187 Å². The Hall–Kier alpha value is -2.56. The molecule has 0 aliphatic carbocycles. The number of piperidine rings is 1. The predicted molar refractivity (Wildman–Crippen MR) is 109 cm³/mol. The molecule has 0 saturated carbocycles. The normalized spacial score (nSPS) is 18.5. The van der Waals surface area contributed by atoms with Crippen LogP contribution in [0.2, 0.25) is 0 Å². The van der Waals surface area contributed by atoms with Crippen LogP contribution in [0.3, 0.4) is 0 Å². The lowest BCUT2D eigenvalue weighted by atomic mass is 9.85. The van der Waals surface area contributed by atoms with Gasteiger partial charge in [-0.3, -0.25) is 4.79 Å². The Morgan fingerprint density at radius 3 is 1.97 bits per heavy atom. The maximum Gasteiger partial charge on any atom is 0.416 e. The van der Waals surface area contributed by atoms with Gasteiger partial charge < -0.3 is 4.90 Å². The highest BCUT2D eigenvalue weighted by Gasteiger charge is 2.46. The minimum Gasteiger partial charge on any atom is -0.312 e. The number of hydrogen-bond donors (Lipinski definition) is 0. The summed E-state index contributed by atoms with van der Waals surface area (Å²) in [6.07, 6.45) is -9.44. The van der Waals surface area contributed by atoms with Gasteiger partial charge in [-0.05, 0) is 62.6 Å². The number of benzene rings is 2. The van der Waals surface area contributed by atoms with Crippen LogP contribution in [-0.2, 0) is 27.0 Å². The number of anilines is 1. The summed E-state index contributed by atoms with van der Waals surface area (Å²) in [5.74, 6) is -1.30. The quantitative estimate of drug-likeness (QED) is 0.512. The van der Waals surface area contributed by atoms with E-state index in [0.29, 0.717) is 6.07 Å². The molecule has 0 radical (unpaired) electrons. The molecule has 1 atom stereocenters. The number of alkyl halides is 6. The van der Waals surface area contributed by atoms with E-state index in [-0.39, 0.29) is 25.1 Å². The molecule has 0 N–H and O–H groups in total. The van der Waals surface area contributed by atoms with Crippen molar-refractivity contribution in [1.29, 1.82) is 0 Å². The molecule has 1 fully saturated rings. The minimum atomic E-state index is -4.72. The maximum absolute atomic E-state index is 13.2. The van der Waals surface area contributed by atoms with E-state index in [9.17, 15) is 39.6 Å². The van der Waals surface area contributed by atoms with Crippen molar-refractivity contribution in [2.75, 3.05) is 11.4 Å². The first-order chi connectivity index (χ1) is 15.0. The molecule has 1 aliphatic heterocycles. The molecular formula is C22H21F6NO3S. The molecule has 180 valence electrons. The Bertz CT molecular complexity index is 1160. The molecule has 0 bridgehead atoms. The predicted octanol–water partition coefficient (Wildman–Crippen LogP) is 5.72. The first-order valence-electron chi connectivity index (χ1n) is 9.94. The van der Waals surface area contributed by atoms with Gasteiger partial charge in [-0.15, -0.1) is 0 Å². The van der Waals surface area contributed by atoms with E-state index in [1.54, 1.807) is 0 Å². The number of hydrogen-bond acceptors (Lipinski definition) is 3. The van der Waals surface area contributed by atoms with Crippen molar-refractivity contribution in [2.45, 2.75) is 48.7 Å². The van der Waals surface area contributed by atoms with E-state index < -0.39 is 54.8 Å². The molecule has 1 aliphatic rings. The van der Waals surface area contributed by atoms with E-state index in [2.05, 4.69) is 0 Å². The van der Waals surface area contributed by atoms with E-state index in [1.807, 2.05) is 0 Å². The fraction of sp³-hybridized carbons (Fsp3) is 0.409. The van der Waals surface area contributed by atoms with Crippen molar-refractivity contribution in [2.24, 2.45) is 5.92 Å². The second-order valence-electron chi connectivity index (χ2n) is 8.42. The lowest BCUT2D eigenvalue weighted by molar-refractivity contribution is -0.138. The van der Waals surface area contributed by atoms with Crippen LogP contribution < -0.4 is 4.90 Å². The van der Waals surface area contributed by atoms with Crippen molar-refractivity contribution in [3.63, 3.8) is 0 Å². The third-order valence-corrected chi connectivity index (χ3v) is 8.65. The Morgan fingerprint density at radius 1 is 0.879 bits per heavy atom. The van der Waals surface area contributed by atoms with Crippen LogP contribution >= 0.6 is 0 Å². The van der Waals surface area contributed by atoms with E-state index >= 15 is 0 Å². The van der Waals surface area contributed by atoms with Gasteiger partial charge in [-0.25, -0.2) is 8.42 Å². The Kier molecular flexibility index (Phi) is 6.33. The van der Waals surface area contributed by atoms with Gasteiger partial charge in [-0.1, -0.05) is 12.1 Å². The number of halogens is 6. The molecule has 0 spiro atoms. The van der Waals surface area contributed by atoms with Gasteiger partial charge in [0.1, 0.15) is 0 Å². The molecule has 0 aromatic heterocycles. The number of nitrogens with zero attached hydrogens (tertiary/aromatic N) is 1. The van der Waals surface area contributed by atoms with Crippen molar-refractivity contribution in [1.82, 2.24) is 0 Å². The highest BCUT2D eigenvalue weighted by molar-refractivity contribution is 7.92. The summed E-state index contributed by atoms with van der Waals surface area (Å²) in [5.41, 5.74) is -1.97. The average Bonchev–Trinajstić information content (AvgIpc) is 2.72. The van der Waals surface area contributed by atoms with E-state index in [1.165, 1.54) is 30.9 Å². The molecule has 33 heavy (non-hydrogen) atoms. The summed E-state index contributed by atoms with van der Waals surface area (Å²) in [6.45, 7) is 2.67. The zero-order valence-electron chi connectivity index (χ0n) is 17.7. The first kappa shape index (κ1) is 25.1. The molecule has 1 amide bonds. The minimum absolute atomic E-state index is 0.0215. The Morgan fingerprint density at radius 2 is 1.42 bits per heavy atom. The van der Waals surface area contributed by atoms with Gasteiger partial charge in [0, 0.05) is 18.7 Å². The number of carbonyl (C=O) groups is 1. The zero-order chi connectivity index (χ0) is 24.8. The van der Waals surface area contributed by atoms with Crippen molar-refractivity contribution >= 4 is 21.4 Å². The molecule has 1 heterocycles. The van der Waals surface area contributed by atoms with Gasteiger partial charge >= 0.3 is 12.4 Å². The zero-order valence-corrected chi connectivity index (χ0v) is 18.5. The van der Waals surface area contributed by atoms with Crippen molar-refractivity contribution in [3.8, 4) is 0 Å². The average molecular weight is 493 g/mol. The summed E-state index contributed by atoms with van der Waals surface area (Å²) in [4.78, 5) is 13.4. The standard InChI is InChI=1S/C22H21F6NO3S/c1-20(2,33(31,32)18-8-4-6-16(12-18)22(26,27)28)14-9-10-29(19(30)13-14)17-7-3-5-15(11-17)21(23,24)25/h3-8,11-12,14H,9-10,13H2,1-2H3. The number of rotatable bonds is 4. The fourth-order valence-corrected chi connectivity index (χ4v) is 5.70. The second kappa shape index (κ2) is 8.34. The molecule has 3 rings (SSSR count). The summed E-state index contributed by atoms with van der Waals surface area (Å²) in [7, 11) is -4.27. The summed E-state index contributed by atoms with van der Waals surface area (Å²) in [6, 6.07) is 7.69. The highest BCUT2D eigenvalue weighted by atomic mass is 32.2. The van der Waals surface area contributed by atoms with Crippen LogP contribution in [0.5, 0.6) is 0 Å². The molecule has 1 saturated heterocycles. The molecule has 2 aromatic carbocycles. The van der Waals surface area contributed by atoms with Gasteiger partial charge in [-0.2, -0.15) is 26.3 Å². The van der Waals surface area contributed by atoms with E-state index in [4.69, 9.17) is 0 Å². The van der Waals surface area contributed by atoms with Gasteiger partial charge in [0.15, 0.2) is 9.84 Å². The largest absolute Gasteiger partial charge is 0.416 e. The molecule has 1 unspecified atom stereocenters. The number of amides is 1. The Balaban J connectivity index is 1.85. The third-order valence-electron chi connectivity index (χ3n) is 6.06. The van der Waals surface area contributed by atoms with Crippen molar-refractivity contribution < 1.29 is 39.6 Å². The van der Waals surface area contributed by atoms with Crippen LogP contribution in [0.1, 0.15) is 37.8 Å². The van der Waals surface area contributed by atoms with Crippen molar-refractivity contribution in [3.05, 3.63) is 59.7 Å². The molecular weight excluding hydrogens is 472 g/mol. The monoisotopic (exact) mass is 493 g/mol. The molecule has 11 heteroatoms. The van der Waals surface area contributed by atoms with Crippen LogP contribution in [0, 0.1) is 5.92 Å². The topological polar surface area (TPSA) is 54.5 Å². The first-order valence-corrected chi connectivity index (χ1v) is 11.4. The second-order valence-corrected chi connectivity index (χ2v) is 10.9. The van der Waals surface area contributed by atoms with Crippen LogP contribution in [0.25, 0.3) is 0 Å². The number of sulfone groups is 1. The molecule has 4 nitrogen and oxygen atoms in total. The lowest BCUT2D eigenvalue weighted by Crippen LogP contribution is -2.48. The van der Waals surface area contributed by atoms with Gasteiger partial charge in [0.2, 0.25) is 5.91 Å².